The highest BCUT2D eigenvalue weighted by Gasteiger charge is 2.15. The van der Waals surface area contributed by atoms with E-state index in [0.717, 1.165) is 24.6 Å². The monoisotopic (exact) mass is 300 g/mol. The minimum atomic E-state index is -0.440. The molecule has 0 aliphatic carbocycles. The number of methoxy groups -OCH3 is 1. The number of aliphatic hydroxyl groups is 1. The summed E-state index contributed by atoms with van der Waals surface area (Å²) in [7, 11) is 1.63. The number of benzene rings is 1. The normalized spacial score (nSPS) is 17.1. The minimum Gasteiger partial charge on any atom is -1.00 e. The molecule has 1 aliphatic heterocycles. The van der Waals surface area contributed by atoms with Gasteiger partial charge in [-0.1, -0.05) is 12.5 Å². The lowest BCUT2D eigenvalue weighted by molar-refractivity contribution is -0.00000661. The van der Waals surface area contributed by atoms with E-state index in [2.05, 4.69) is 4.90 Å². The van der Waals surface area contributed by atoms with E-state index in [4.69, 9.17) is 9.47 Å². The molecule has 114 valence electrons. The van der Waals surface area contributed by atoms with Crippen LogP contribution in [0.5, 0.6) is 11.5 Å². The Labute approximate surface area is 127 Å². The quantitative estimate of drug-likeness (QED) is 0.726. The predicted octanol–water partition coefficient (Wildman–Crippen LogP) is -1.08. The topological polar surface area (TPSA) is 41.9 Å². The van der Waals surface area contributed by atoms with E-state index >= 15 is 0 Å². The molecule has 1 saturated heterocycles. The van der Waals surface area contributed by atoms with Gasteiger partial charge in [-0.05, 0) is 38.1 Å². The average molecular weight is 301 g/mol. The molecule has 1 unspecified atom stereocenters. The van der Waals surface area contributed by atoms with Crippen molar-refractivity contribution in [2.24, 2.45) is 0 Å². The van der Waals surface area contributed by atoms with Crippen LogP contribution < -0.4 is 21.9 Å². The van der Waals surface area contributed by atoms with Gasteiger partial charge in [0.1, 0.15) is 24.2 Å². The van der Waals surface area contributed by atoms with Crippen molar-refractivity contribution in [2.75, 3.05) is 33.4 Å². The number of ether oxygens (including phenoxy) is 2. The van der Waals surface area contributed by atoms with Crippen LogP contribution in [0.1, 0.15) is 19.3 Å². The Hall–Kier alpha value is -0.970. The van der Waals surface area contributed by atoms with E-state index in [0.29, 0.717) is 13.2 Å². The lowest BCUT2D eigenvalue weighted by Gasteiger charge is -2.28. The fourth-order valence-corrected chi connectivity index (χ4v) is 2.38. The number of β-amino-alcohol motifs (C(OH)–C–C–N with tert-alkyl or cyclic N) is 1. The van der Waals surface area contributed by atoms with Crippen LogP contribution in [-0.4, -0.2) is 49.5 Å². The van der Waals surface area contributed by atoms with Crippen molar-refractivity contribution in [1.82, 2.24) is 4.90 Å². The minimum absolute atomic E-state index is 0. The lowest BCUT2D eigenvalue weighted by atomic mass is 10.1. The lowest BCUT2D eigenvalue weighted by Crippen LogP contribution is -3.00. The van der Waals surface area contributed by atoms with Crippen LogP contribution in [0.4, 0.5) is 0 Å². The van der Waals surface area contributed by atoms with Gasteiger partial charge in [-0.25, -0.2) is 0 Å². The fraction of sp³-hybridized carbons (Fsp3) is 0.600. The SMILES string of the molecule is COc1cccc(OCC(O)CN2CCCCC2)c1.[Cl-]. The summed E-state index contributed by atoms with van der Waals surface area (Å²) < 4.78 is 10.7. The van der Waals surface area contributed by atoms with Gasteiger partial charge in [0.15, 0.2) is 0 Å². The number of likely N-dealkylation sites (tertiary alicyclic amines) is 1. The van der Waals surface area contributed by atoms with Gasteiger partial charge in [0.05, 0.1) is 7.11 Å². The molecule has 0 aromatic heterocycles. The number of hydrogen-bond acceptors (Lipinski definition) is 4. The van der Waals surface area contributed by atoms with Gasteiger partial charge < -0.3 is 31.9 Å². The first kappa shape index (κ1) is 17.1. The van der Waals surface area contributed by atoms with Crippen molar-refractivity contribution in [3.8, 4) is 11.5 Å². The van der Waals surface area contributed by atoms with E-state index in [1.165, 1.54) is 19.3 Å². The second-order valence-electron chi connectivity index (χ2n) is 5.01. The molecular formula is C15H23ClNO3-. The van der Waals surface area contributed by atoms with E-state index in [9.17, 15) is 5.11 Å². The molecule has 1 aliphatic rings. The van der Waals surface area contributed by atoms with Gasteiger partial charge in [0.2, 0.25) is 0 Å². The number of halogens is 1. The van der Waals surface area contributed by atoms with Gasteiger partial charge in [-0.2, -0.15) is 0 Å². The number of aliphatic hydroxyl groups excluding tert-OH is 1. The molecule has 2 rings (SSSR count). The van der Waals surface area contributed by atoms with E-state index in [1.54, 1.807) is 7.11 Å². The number of hydrogen-bond donors (Lipinski definition) is 1. The summed E-state index contributed by atoms with van der Waals surface area (Å²) in [6, 6.07) is 7.45. The maximum atomic E-state index is 9.99. The van der Waals surface area contributed by atoms with Crippen molar-refractivity contribution >= 4 is 0 Å². The van der Waals surface area contributed by atoms with Crippen LogP contribution in [0.2, 0.25) is 0 Å². The molecule has 5 heteroatoms. The third-order valence-electron chi connectivity index (χ3n) is 3.40. The zero-order valence-electron chi connectivity index (χ0n) is 11.9. The first-order valence-corrected chi connectivity index (χ1v) is 6.95. The van der Waals surface area contributed by atoms with Crippen LogP contribution in [0.3, 0.4) is 0 Å². The largest absolute Gasteiger partial charge is 1.00 e. The maximum absolute atomic E-state index is 9.99. The van der Waals surface area contributed by atoms with Crippen molar-refractivity contribution in [3.63, 3.8) is 0 Å². The second-order valence-corrected chi connectivity index (χ2v) is 5.01. The maximum Gasteiger partial charge on any atom is 0.123 e. The first-order valence-electron chi connectivity index (χ1n) is 6.95. The second kappa shape index (κ2) is 9.06. The smallest absolute Gasteiger partial charge is 0.123 e. The Balaban J connectivity index is 0.00000200. The Morgan fingerprint density at radius 3 is 2.60 bits per heavy atom. The van der Waals surface area contributed by atoms with E-state index < -0.39 is 6.10 Å². The Bertz CT molecular complexity index is 383. The predicted molar refractivity (Wildman–Crippen MR) is 74.8 cm³/mol. The molecular weight excluding hydrogens is 278 g/mol. The van der Waals surface area contributed by atoms with Crippen LogP contribution in [0.15, 0.2) is 24.3 Å². The van der Waals surface area contributed by atoms with Crippen LogP contribution in [0, 0.1) is 0 Å². The fourth-order valence-electron chi connectivity index (χ4n) is 2.38. The Morgan fingerprint density at radius 2 is 1.90 bits per heavy atom. The van der Waals surface area contributed by atoms with E-state index in [-0.39, 0.29) is 12.4 Å². The van der Waals surface area contributed by atoms with Crippen LogP contribution in [0.25, 0.3) is 0 Å². The third kappa shape index (κ3) is 5.57. The standard InChI is InChI=1S/C15H23NO3.ClH/c1-18-14-6-5-7-15(10-14)19-12-13(17)11-16-8-3-2-4-9-16;/h5-7,10,13,17H,2-4,8-9,11-12H2,1H3;1H/p-1. The summed E-state index contributed by atoms with van der Waals surface area (Å²) in [5.41, 5.74) is 0. The Morgan fingerprint density at radius 1 is 1.20 bits per heavy atom. The summed E-state index contributed by atoms with van der Waals surface area (Å²) >= 11 is 0. The van der Waals surface area contributed by atoms with Crippen LogP contribution >= 0.6 is 0 Å². The molecule has 0 saturated carbocycles. The highest BCUT2D eigenvalue weighted by Crippen LogP contribution is 2.19. The highest BCUT2D eigenvalue weighted by atomic mass is 35.5. The third-order valence-corrected chi connectivity index (χ3v) is 3.40. The molecule has 1 N–H and O–H groups in total. The summed E-state index contributed by atoms with van der Waals surface area (Å²) in [6.07, 6.45) is 3.35. The molecule has 1 atom stereocenters. The summed E-state index contributed by atoms with van der Waals surface area (Å²) in [5, 5.41) is 9.99. The van der Waals surface area contributed by atoms with Gasteiger partial charge in [-0.3, -0.25) is 0 Å². The van der Waals surface area contributed by atoms with E-state index in [1.807, 2.05) is 24.3 Å². The number of nitrogens with zero attached hydrogens (tertiary/aromatic N) is 1. The molecule has 0 amide bonds. The molecule has 0 bridgehead atoms. The van der Waals surface area contributed by atoms with Gasteiger partial charge in [0.25, 0.3) is 0 Å². The van der Waals surface area contributed by atoms with Gasteiger partial charge in [-0.15, -0.1) is 0 Å². The number of rotatable bonds is 6. The molecule has 4 nitrogen and oxygen atoms in total. The molecule has 1 fully saturated rings. The first-order chi connectivity index (χ1) is 9.28. The Kier molecular flexibility index (Phi) is 7.73. The molecule has 1 aromatic rings. The highest BCUT2D eigenvalue weighted by molar-refractivity contribution is 5.32. The van der Waals surface area contributed by atoms with Crippen molar-refractivity contribution < 1.29 is 27.0 Å². The zero-order valence-corrected chi connectivity index (χ0v) is 12.7. The zero-order chi connectivity index (χ0) is 13.5. The van der Waals surface area contributed by atoms with Crippen LogP contribution in [-0.2, 0) is 0 Å². The summed E-state index contributed by atoms with van der Waals surface area (Å²) in [6.45, 7) is 3.21. The summed E-state index contributed by atoms with van der Waals surface area (Å²) in [4.78, 5) is 2.31. The van der Waals surface area contributed by atoms with Crippen molar-refractivity contribution in [1.29, 1.82) is 0 Å². The molecule has 1 heterocycles. The van der Waals surface area contributed by atoms with Gasteiger partial charge >= 0.3 is 0 Å². The molecule has 1 aromatic carbocycles. The van der Waals surface area contributed by atoms with Gasteiger partial charge in [0, 0.05) is 12.6 Å². The molecule has 0 radical (unpaired) electrons. The van der Waals surface area contributed by atoms with Crippen molar-refractivity contribution in [2.45, 2.75) is 25.4 Å². The van der Waals surface area contributed by atoms with Crippen molar-refractivity contribution in [3.05, 3.63) is 24.3 Å². The summed E-state index contributed by atoms with van der Waals surface area (Å²) in [5.74, 6) is 1.50. The molecule has 0 spiro atoms. The average Bonchev–Trinajstić information content (AvgIpc) is 2.46. The molecule has 20 heavy (non-hydrogen) atoms. The number of piperidine rings is 1.